The highest BCUT2D eigenvalue weighted by molar-refractivity contribution is 6.32. The molecule has 5 aromatic rings. The Bertz CT molecular complexity index is 2270. The first kappa shape index (κ1) is 35.2. The number of H-pyrrole nitrogens is 1. The van der Waals surface area contributed by atoms with Crippen LogP contribution in [0.15, 0.2) is 91.1 Å². The fourth-order valence-corrected chi connectivity index (χ4v) is 9.71. The number of nitrogens with one attached hydrogen (secondary N) is 2. The van der Waals surface area contributed by atoms with E-state index in [1.165, 1.54) is 37.7 Å². The van der Waals surface area contributed by atoms with Crippen LogP contribution >= 0.6 is 23.2 Å². The molecule has 1 amide bonds. The molecule has 0 bridgehead atoms. The lowest BCUT2D eigenvalue weighted by Crippen LogP contribution is -2.51. The van der Waals surface area contributed by atoms with Gasteiger partial charge in [0.25, 0.3) is 5.91 Å². The molecule has 1 aliphatic carbocycles. The molecule has 4 aliphatic rings. The second-order valence-corrected chi connectivity index (χ2v) is 16.3. The van der Waals surface area contributed by atoms with E-state index in [0.29, 0.717) is 21.8 Å². The molecule has 2 N–H and O–H groups in total. The number of fused-ring (bicyclic) bond motifs is 2. The highest BCUT2D eigenvalue weighted by Crippen LogP contribution is 2.53. The van der Waals surface area contributed by atoms with E-state index in [9.17, 15) is 4.79 Å². The average Bonchev–Trinajstić information content (AvgIpc) is 3.48. The summed E-state index contributed by atoms with van der Waals surface area (Å²) in [4.78, 5) is 30.9. The van der Waals surface area contributed by atoms with Crippen LogP contribution < -0.4 is 10.2 Å². The van der Waals surface area contributed by atoms with Crippen molar-refractivity contribution in [1.29, 1.82) is 0 Å². The summed E-state index contributed by atoms with van der Waals surface area (Å²) in [7, 11) is 0. The SMILES string of the molecule is Cc1ccc(NC(=O)c2[nH]c3cc(Cl)cc4c3c2C2=C(c3ccccc3)C(C)CC=CN2C4c2ccc(Cl)cc2)c(N2CCN(C3CCCCC3)CC2)n1. The molecule has 2 fully saturated rings. The maximum absolute atomic E-state index is 14.9. The normalized spacial score (nSPS) is 20.7. The number of anilines is 2. The van der Waals surface area contributed by atoms with Crippen molar-refractivity contribution >= 4 is 62.8 Å². The third-order valence-electron chi connectivity index (χ3n) is 11.9. The zero-order valence-electron chi connectivity index (χ0n) is 30.9. The van der Waals surface area contributed by atoms with Gasteiger partial charge in [-0.3, -0.25) is 9.69 Å². The van der Waals surface area contributed by atoms with E-state index in [4.69, 9.17) is 28.2 Å². The van der Waals surface area contributed by atoms with Crippen LogP contribution in [0.2, 0.25) is 10.0 Å². The van der Waals surface area contributed by atoms with Gasteiger partial charge in [0.2, 0.25) is 0 Å². The van der Waals surface area contributed by atoms with Crippen LogP contribution in [0.4, 0.5) is 11.5 Å². The number of rotatable bonds is 6. The molecule has 1 saturated heterocycles. The average molecular weight is 758 g/mol. The van der Waals surface area contributed by atoms with Crippen LogP contribution in [0.3, 0.4) is 0 Å². The molecule has 1 saturated carbocycles. The van der Waals surface area contributed by atoms with Gasteiger partial charge in [0.15, 0.2) is 5.82 Å². The molecule has 2 atom stereocenters. The summed E-state index contributed by atoms with van der Waals surface area (Å²) in [6.07, 6.45) is 11.9. The number of amides is 1. The number of halogens is 2. The first-order valence-corrected chi connectivity index (χ1v) is 20.2. The largest absolute Gasteiger partial charge is 0.352 e. The molecule has 0 spiro atoms. The van der Waals surface area contributed by atoms with Crippen molar-refractivity contribution in [3.63, 3.8) is 0 Å². The molecule has 5 heterocycles. The second kappa shape index (κ2) is 14.6. The number of nitrogens with zero attached hydrogens (tertiary/aromatic N) is 4. The second-order valence-electron chi connectivity index (χ2n) is 15.4. The first-order valence-electron chi connectivity index (χ1n) is 19.5. The van der Waals surface area contributed by atoms with Gasteiger partial charge in [-0.15, -0.1) is 0 Å². The van der Waals surface area contributed by atoms with Gasteiger partial charge in [-0.25, -0.2) is 4.98 Å². The van der Waals surface area contributed by atoms with Crippen molar-refractivity contribution in [2.45, 2.75) is 64.5 Å². The van der Waals surface area contributed by atoms with Gasteiger partial charge < -0.3 is 20.1 Å². The maximum atomic E-state index is 14.9. The number of benzene rings is 3. The van der Waals surface area contributed by atoms with E-state index in [2.05, 4.69) is 92.7 Å². The Morgan fingerprint density at radius 2 is 1.65 bits per heavy atom. The Hall–Kier alpha value is -4.56. The van der Waals surface area contributed by atoms with Gasteiger partial charge >= 0.3 is 0 Å². The summed E-state index contributed by atoms with van der Waals surface area (Å²) in [6.45, 7) is 8.08. The van der Waals surface area contributed by atoms with Crippen LogP contribution in [0.1, 0.15) is 89.9 Å². The lowest BCUT2D eigenvalue weighted by atomic mass is 9.82. The number of piperazine rings is 1. The van der Waals surface area contributed by atoms with Gasteiger partial charge in [0, 0.05) is 70.6 Å². The molecule has 3 aromatic carbocycles. The Kier molecular flexibility index (Phi) is 9.50. The van der Waals surface area contributed by atoms with Crippen molar-refractivity contribution < 1.29 is 4.79 Å². The number of aryl methyl sites for hydroxylation is 1. The molecule has 9 rings (SSSR count). The molecule has 2 aromatic heterocycles. The van der Waals surface area contributed by atoms with Crippen molar-refractivity contribution in [3.05, 3.63) is 135 Å². The van der Waals surface area contributed by atoms with Gasteiger partial charge in [-0.2, -0.15) is 0 Å². The van der Waals surface area contributed by atoms with Gasteiger partial charge in [-0.1, -0.05) is 97.9 Å². The fraction of sp³-hybridized carbons (Fsp3) is 0.333. The highest BCUT2D eigenvalue weighted by atomic mass is 35.5. The summed E-state index contributed by atoms with van der Waals surface area (Å²) in [5.74, 6) is 0.811. The number of pyridine rings is 1. The number of allylic oxidation sites excluding steroid dienone is 2. The summed E-state index contributed by atoms with van der Waals surface area (Å²) in [6, 6.07) is 27.1. The lowest BCUT2D eigenvalue weighted by molar-refractivity contribution is 0.102. The number of aromatic nitrogens is 2. The van der Waals surface area contributed by atoms with Crippen molar-refractivity contribution in [1.82, 2.24) is 19.8 Å². The molecule has 0 radical (unpaired) electrons. The van der Waals surface area contributed by atoms with E-state index in [1.54, 1.807) is 0 Å². The Morgan fingerprint density at radius 3 is 2.41 bits per heavy atom. The molecule has 7 nitrogen and oxygen atoms in total. The van der Waals surface area contributed by atoms with Crippen molar-refractivity contribution in [2.24, 2.45) is 5.92 Å². The van der Waals surface area contributed by atoms with Crippen molar-refractivity contribution in [2.75, 3.05) is 36.4 Å². The number of aromatic amines is 1. The number of hydrogen-bond acceptors (Lipinski definition) is 5. The fourth-order valence-electron chi connectivity index (χ4n) is 9.36. The van der Waals surface area contributed by atoms with Gasteiger partial charge in [0.05, 0.1) is 17.4 Å². The Labute approximate surface area is 327 Å². The zero-order chi connectivity index (χ0) is 36.9. The number of carbonyl (C=O) groups is 1. The minimum atomic E-state index is -0.207. The minimum absolute atomic E-state index is 0.185. The molecular formula is C45H46Cl2N6O. The third kappa shape index (κ3) is 6.40. The molecule has 276 valence electrons. The van der Waals surface area contributed by atoms with Gasteiger partial charge in [-0.05, 0) is 90.8 Å². The first-order chi connectivity index (χ1) is 26.3. The van der Waals surface area contributed by atoms with E-state index in [-0.39, 0.29) is 17.9 Å². The zero-order valence-corrected chi connectivity index (χ0v) is 32.4. The molecule has 9 heteroatoms. The van der Waals surface area contributed by atoms with E-state index in [1.807, 2.05) is 37.3 Å². The van der Waals surface area contributed by atoms with Crippen LogP contribution in [-0.4, -0.2) is 57.9 Å². The Balaban J connectivity index is 1.17. The van der Waals surface area contributed by atoms with E-state index >= 15 is 0 Å². The number of carbonyl (C=O) groups excluding carboxylic acids is 1. The van der Waals surface area contributed by atoms with Gasteiger partial charge in [0.1, 0.15) is 5.69 Å². The summed E-state index contributed by atoms with van der Waals surface area (Å²) in [5, 5.41) is 5.65. The van der Waals surface area contributed by atoms with E-state index in [0.717, 1.165) is 88.7 Å². The monoisotopic (exact) mass is 756 g/mol. The number of hydrogen-bond donors (Lipinski definition) is 2. The quantitative estimate of drug-likeness (QED) is 0.181. The summed E-state index contributed by atoms with van der Waals surface area (Å²) in [5.41, 5.74) is 9.36. The van der Waals surface area contributed by atoms with Crippen LogP contribution in [0.5, 0.6) is 0 Å². The predicted molar refractivity (Wildman–Crippen MR) is 222 cm³/mol. The molecule has 54 heavy (non-hydrogen) atoms. The Morgan fingerprint density at radius 1 is 0.889 bits per heavy atom. The maximum Gasteiger partial charge on any atom is 0.272 e. The van der Waals surface area contributed by atoms with Crippen molar-refractivity contribution in [3.8, 4) is 0 Å². The minimum Gasteiger partial charge on any atom is -0.352 e. The van der Waals surface area contributed by atoms with Crippen LogP contribution in [-0.2, 0) is 0 Å². The summed E-state index contributed by atoms with van der Waals surface area (Å²) >= 11 is 13.3. The topological polar surface area (TPSA) is 67.5 Å². The standard InChI is InChI=1S/C45H46Cl2N6O/c1-28-10-9-21-53-42(31-16-18-32(46)19-17-31)35-26-33(47)27-37-39(35)40(43(53)38(28)30-11-5-3-6-12-30)41(49-37)45(54)50-36-20-15-29(2)48-44(36)52-24-22-51(23-25-52)34-13-7-4-8-14-34/h3,5-6,9,11-12,15-21,26-28,34,42,49H,4,7-8,10,13-14,22-25H2,1-2H3,(H,50,54). The smallest absolute Gasteiger partial charge is 0.272 e. The summed E-state index contributed by atoms with van der Waals surface area (Å²) < 4.78 is 0. The molecule has 2 unspecified atom stereocenters. The van der Waals surface area contributed by atoms with Crippen LogP contribution in [0.25, 0.3) is 22.2 Å². The van der Waals surface area contributed by atoms with E-state index < -0.39 is 0 Å². The highest BCUT2D eigenvalue weighted by Gasteiger charge is 2.40. The predicted octanol–water partition coefficient (Wildman–Crippen LogP) is 10.7. The molecule has 3 aliphatic heterocycles. The lowest BCUT2D eigenvalue weighted by Gasteiger charge is -2.41. The molecular weight excluding hydrogens is 711 g/mol. The third-order valence-corrected chi connectivity index (χ3v) is 12.4. The van der Waals surface area contributed by atoms with Crippen LogP contribution in [0, 0.1) is 12.8 Å².